The van der Waals surface area contributed by atoms with Gasteiger partial charge in [-0.1, -0.05) is 6.92 Å². The predicted octanol–water partition coefficient (Wildman–Crippen LogP) is 6.32. The normalized spacial score (nSPS) is 17.8. The van der Waals surface area contributed by atoms with Gasteiger partial charge in [0.1, 0.15) is 0 Å². The monoisotopic (exact) mass is 584 g/mol. The number of likely N-dealkylation sites (tertiary alicyclic amines) is 1. The van der Waals surface area contributed by atoms with Crippen LogP contribution in [0.3, 0.4) is 0 Å². The Labute approximate surface area is 232 Å². The fourth-order valence-corrected chi connectivity index (χ4v) is 4.86. The van der Waals surface area contributed by atoms with Crippen molar-refractivity contribution in [2.45, 2.75) is 70.7 Å². The Hall–Kier alpha value is -3.84. The molecule has 3 aromatic rings. The van der Waals surface area contributed by atoms with Crippen molar-refractivity contribution in [2.75, 3.05) is 11.4 Å². The lowest BCUT2D eigenvalue weighted by atomic mass is 10.0. The number of carbonyl (C=O) groups is 1. The minimum absolute atomic E-state index is 0.0966. The van der Waals surface area contributed by atoms with Crippen molar-refractivity contribution in [1.82, 2.24) is 24.6 Å². The average molecular weight is 585 g/mol. The number of anilines is 1. The van der Waals surface area contributed by atoms with Gasteiger partial charge in [0.2, 0.25) is 5.95 Å². The standard InChI is InChI=1S/C27H30F6N6O2/c1-5-22-9-23(15-39(22)25(40)41-16(2)3)38(24-34-10-18(11-35-24)19-12-36-37(4)14-19)13-17-6-20(26(28,29)30)8-21(7-17)27(31,32)33/h6-8,10-12,14,16,22-23H,5,9,13,15H2,1-4H3/t22-,23?/m1/s1. The molecule has 1 unspecified atom stereocenters. The highest BCUT2D eigenvalue weighted by Gasteiger charge is 2.40. The number of carbonyl (C=O) groups excluding carboxylic acids is 1. The van der Waals surface area contributed by atoms with E-state index in [2.05, 4.69) is 15.1 Å². The molecular weight excluding hydrogens is 554 g/mol. The van der Waals surface area contributed by atoms with Gasteiger partial charge in [0.05, 0.1) is 29.5 Å². The number of rotatable bonds is 7. The first-order valence-corrected chi connectivity index (χ1v) is 13.0. The molecule has 0 aliphatic carbocycles. The number of aromatic nitrogens is 4. The molecule has 1 amide bonds. The van der Waals surface area contributed by atoms with Crippen LogP contribution in [-0.4, -0.2) is 55.5 Å². The third-order valence-electron chi connectivity index (χ3n) is 6.81. The van der Waals surface area contributed by atoms with Gasteiger partial charge in [-0.05, 0) is 50.5 Å². The highest BCUT2D eigenvalue weighted by atomic mass is 19.4. The first-order valence-electron chi connectivity index (χ1n) is 13.0. The minimum atomic E-state index is -4.99. The molecule has 3 heterocycles. The lowest BCUT2D eigenvalue weighted by molar-refractivity contribution is -0.143. The summed E-state index contributed by atoms with van der Waals surface area (Å²) in [6, 6.07) is 0.731. The van der Waals surface area contributed by atoms with Crippen molar-refractivity contribution in [3.8, 4) is 11.1 Å². The van der Waals surface area contributed by atoms with Gasteiger partial charge < -0.3 is 14.5 Å². The SMILES string of the molecule is CC[C@@H]1CC(N(Cc2cc(C(F)(F)F)cc(C(F)(F)F)c2)c2ncc(-c3cnn(C)c3)cn2)CN1C(=O)OC(C)C. The van der Waals surface area contributed by atoms with Crippen molar-refractivity contribution < 1.29 is 35.9 Å². The van der Waals surface area contributed by atoms with Crippen molar-refractivity contribution in [3.63, 3.8) is 0 Å². The molecule has 2 aromatic heterocycles. The Kier molecular flexibility index (Phi) is 8.50. The second kappa shape index (κ2) is 11.6. The molecule has 1 aliphatic rings. The summed E-state index contributed by atoms with van der Waals surface area (Å²) in [5.41, 5.74) is -1.68. The van der Waals surface area contributed by atoms with E-state index in [1.807, 2.05) is 6.92 Å². The van der Waals surface area contributed by atoms with E-state index in [0.29, 0.717) is 30.5 Å². The Bertz CT molecular complexity index is 1320. The van der Waals surface area contributed by atoms with Gasteiger partial charge in [0.15, 0.2) is 0 Å². The summed E-state index contributed by atoms with van der Waals surface area (Å²) in [7, 11) is 1.74. The zero-order chi connectivity index (χ0) is 30.1. The number of hydrogen-bond donors (Lipinski definition) is 0. The summed E-state index contributed by atoms with van der Waals surface area (Å²) in [6.45, 7) is 5.08. The zero-order valence-electron chi connectivity index (χ0n) is 22.9. The summed E-state index contributed by atoms with van der Waals surface area (Å²) >= 11 is 0. The fourth-order valence-electron chi connectivity index (χ4n) is 4.86. The number of hydrogen-bond acceptors (Lipinski definition) is 6. The van der Waals surface area contributed by atoms with Gasteiger partial charge in [-0.15, -0.1) is 0 Å². The van der Waals surface area contributed by atoms with Crippen LogP contribution in [0.4, 0.5) is 37.1 Å². The van der Waals surface area contributed by atoms with E-state index in [1.165, 1.54) is 17.3 Å². The maximum atomic E-state index is 13.6. The number of ether oxygens (including phenoxy) is 1. The topological polar surface area (TPSA) is 76.4 Å². The van der Waals surface area contributed by atoms with Crippen LogP contribution in [0, 0.1) is 0 Å². The van der Waals surface area contributed by atoms with E-state index in [-0.39, 0.29) is 42.8 Å². The lowest BCUT2D eigenvalue weighted by Crippen LogP contribution is -2.41. The maximum Gasteiger partial charge on any atom is 0.416 e. The van der Waals surface area contributed by atoms with Crippen LogP contribution in [0.5, 0.6) is 0 Å². The number of halogens is 6. The first-order chi connectivity index (χ1) is 19.2. The van der Waals surface area contributed by atoms with Crippen molar-refractivity contribution >= 4 is 12.0 Å². The van der Waals surface area contributed by atoms with Crippen LogP contribution in [0.25, 0.3) is 11.1 Å². The summed E-state index contributed by atoms with van der Waals surface area (Å²) in [5, 5.41) is 4.11. The molecule has 0 spiro atoms. The van der Waals surface area contributed by atoms with Gasteiger partial charge in [-0.25, -0.2) is 14.8 Å². The van der Waals surface area contributed by atoms with Gasteiger partial charge >= 0.3 is 18.4 Å². The molecule has 41 heavy (non-hydrogen) atoms. The number of benzene rings is 1. The largest absolute Gasteiger partial charge is 0.447 e. The van der Waals surface area contributed by atoms with Crippen LogP contribution in [0.15, 0.2) is 43.0 Å². The summed E-state index contributed by atoms with van der Waals surface area (Å²) in [5.74, 6) is 0.0996. The van der Waals surface area contributed by atoms with Crippen LogP contribution in [0.1, 0.15) is 50.3 Å². The van der Waals surface area contributed by atoms with E-state index in [0.717, 1.165) is 5.56 Å². The quantitative estimate of drug-likeness (QED) is 0.303. The molecule has 0 radical (unpaired) electrons. The number of nitrogens with zero attached hydrogens (tertiary/aromatic N) is 6. The highest BCUT2D eigenvalue weighted by molar-refractivity contribution is 5.69. The molecule has 14 heteroatoms. The first kappa shape index (κ1) is 30.1. The third-order valence-corrected chi connectivity index (χ3v) is 6.81. The van der Waals surface area contributed by atoms with Gasteiger partial charge in [0, 0.05) is 55.9 Å². The van der Waals surface area contributed by atoms with Crippen LogP contribution >= 0.6 is 0 Å². The maximum absolute atomic E-state index is 13.6. The molecule has 2 atom stereocenters. The van der Waals surface area contributed by atoms with E-state index < -0.39 is 35.6 Å². The average Bonchev–Trinajstić information content (AvgIpc) is 3.52. The van der Waals surface area contributed by atoms with Crippen molar-refractivity contribution in [1.29, 1.82) is 0 Å². The molecule has 0 saturated carbocycles. The molecule has 222 valence electrons. The van der Waals surface area contributed by atoms with Crippen molar-refractivity contribution in [2.24, 2.45) is 7.05 Å². The number of alkyl halides is 6. The molecule has 0 bridgehead atoms. The molecule has 1 fully saturated rings. The Balaban J connectivity index is 1.74. The number of amides is 1. The van der Waals surface area contributed by atoms with E-state index in [9.17, 15) is 31.1 Å². The molecule has 1 aliphatic heterocycles. The fraction of sp³-hybridized carbons (Fsp3) is 0.481. The zero-order valence-corrected chi connectivity index (χ0v) is 22.9. The number of aryl methyl sites for hydroxylation is 1. The second-order valence-corrected chi connectivity index (χ2v) is 10.3. The molecule has 1 aromatic carbocycles. The molecule has 4 rings (SSSR count). The van der Waals surface area contributed by atoms with Crippen LogP contribution < -0.4 is 4.90 Å². The minimum Gasteiger partial charge on any atom is -0.447 e. The van der Waals surface area contributed by atoms with Crippen LogP contribution in [-0.2, 0) is 30.7 Å². The van der Waals surface area contributed by atoms with Gasteiger partial charge in [-0.2, -0.15) is 31.4 Å². The van der Waals surface area contributed by atoms with Gasteiger partial charge in [0.25, 0.3) is 0 Å². The molecule has 1 saturated heterocycles. The Morgan fingerprint density at radius 3 is 2.12 bits per heavy atom. The predicted molar refractivity (Wildman–Crippen MR) is 138 cm³/mol. The van der Waals surface area contributed by atoms with Gasteiger partial charge in [-0.3, -0.25) is 4.68 Å². The smallest absolute Gasteiger partial charge is 0.416 e. The van der Waals surface area contributed by atoms with Crippen LogP contribution in [0.2, 0.25) is 0 Å². The summed E-state index contributed by atoms with van der Waals surface area (Å²) in [6.07, 6.45) is -3.54. The lowest BCUT2D eigenvalue weighted by Gasteiger charge is -2.30. The second-order valence-electron chi connectivity index (χ2n) is 10.3. The molecule has 8 nitrogen and oxygen atoms in total. The third kappa shape index (κ3) is 7.09. The summed E-state index contributed by atoms with van der Waals surface area (Å²) < 4.78 is 88.4. The Morgan fingerprint density at radius 2 is 1.63 bits per heavy atom. The van der Waals surface area contributed by atoms with E-state index >= 15 is 0 Å². The highest BCUT2D eigenvalue weighted by Crippen LogP contribution is 2.37. The van der Waals surface area contributed by atoms with E-state index in [1.54, 1.807) is 42.9 Å². The van der Waals surface area contributed by atoms with E-state index in [4.69, 9.17) is 4.74 Å². The Morgan fingerprint density at radius 1 is 1.02 bits per heavy atom. The molecule has 0 N–H and O–H groups in total. The summed E-state index contributed by atoms with van der Waals surface area (Å²) in [4.78, 5) is 24.7. The van der Waals surface area contributed by atoms with Crippen molar-refractivity contribution in [3.05, 3.63) is 59.7 Å². The molecular formula is C27H30F6N6O2.